The summed E-state index contributed by atoms with van der Waals surface area (Å²) in [5, 5.41) is 16.3. The van der Waals surface area contributed by atoms with E-state index in [1.807, 2.05) is 51.2 Å². The van der Waals surface area contributed by atoms with Crippen LogP contribution in [0.2, 0.25) is 5.02 Å². The van der Waals surface area contributed by atoms with Gasteiger partial charge in [0, 0.05) is 38.0 Å². The summed E-state index contributed by atoms with van der Waals surface area (Å²) in [6.45, 7) is 4.88. The molecular weight excluding hydrogens is 420 g/mol. The number of anilines is 1. The van der Waals surface area contributed by atoms with Crippen molar-refractivity contribution in [2.45, 2.75) is 26.3 Å². The topological polar surface area (TPSA) is 105 Å². The van der Waals surface area contributed by atoms with Gasteiger partial charge in [0.15, 0.2) is 0 Å². The van der Waals surface area contributed by atoms with Gasteiger partial charge in [-0.3, -0.25) is 19.7 Å². The lowest BCUT2D eigenvalue weighted by atomic mass is 10.0. The summed E-state index contributed by atoms with van der Waals surface area (Å²) < 4.78 is 0. The molecule has 9 heteroatoms. The first kappa shape index (κ1) is 24.1. The summed E-state index contributed by atoms with van der Waals surface area (Å²) in [5.74, 6) is -1.01. The van der Waals surface area contributed by atoms with Gasteiger partial charge in [0.2, 0.25) is 5.91 Å². The van der Waals surface area contributed by atoms with Gasteiger partial charge in [0.05, 0.1) is 15.5 Å². The van der Waals surface area contributed by atoms with Crippen molar-refractivity contribution in [3.8, 4) is 0 Å². The number of nitrogens with one attached hydrogen (secondary N) is 2. The number of benzene rings is 2. The molecule has 0 fully saturated rings. The van der Waals surface area contributed by atoms with Gasteiger partial charge in [0.25, 0.3) is 11.6 Å². The standard InChI is InChI=1S/C22H27ClN4O4/c1-15(2)20(25-21(28)18-11-10-17(27(30)31)14-19(18)23)22(29)24-12-7-13-26(3)16-8-5-4-6-9-16/h4-6,8-11,14-15,20H,7,12-13H2,1-3H3,(H,24,29)(H,25,28)/t20-/m0/s1. The molecule has 31 heavy (non-hydrogen) atoms. The second-order valence-corrected chi connectivity index (χ2v) is 7.93. The first-order valence-corrected chi connectivity index (χ1v) is 10.4. The highest BCUT2D eigenvalue weighted by Crippen LogP contribution is 2.22. The first-order valence-electron chi connectivity index (χ1n) is 9.99. The zero-order valence-electron chi connectivity index (χ0n) is 17.8. The van der Waals surface area contributed by atoms with Gasteiger partial charge in [0.1, 0.15) is 6.04 Å². The van der Waals surface area contributed by atoms with Crippen LogP contribution in [0, 0.1) is 16.0 Å². The van der Waals surface area contributed by atoms with Crippen LogP contribution in [-0.2, 0) is 4.79 Å². The monoisotopic (exact) mass is 446 g/mol. The number of nitro groups is 1. The van der Waals surface area contributed by atoms with Gasteiger partial charge < -0.3 is 15.5 Å². The molecule has 1 atom stereocenters. The Balaban J connectivity index is 1.90. The Morgan fingerprint density at radius 2 is 1.84 bits per heavy atom. The summed E-state index contributed by atoms with van der Waals surface area (Å²) in [6.07, 6.45) is 0.740. The van der Waals surface area contributed by atoms with Crippen LogP contribution >= 0.6 is 11.6 Å². The average molecular weight is 447 g/mol. The highest BCUT2D eigenvalue weighted by Gasteiger charge is 2.25. The Bertz CT molecular complexity index is 921. The molecular formula is C22H27ClN4O4. The van der Waals surface area contributed by atoms with Crippen molar-refractivity contribution in [2.75, 3.05) is 25.0 Å². The second kappa shape index (κ2) is 11.3. The van der Waals surface area contributed by atoms with Crippen molar-refractivity contribution in [2.24, 2.45) is 5.92 Å². The van der Waals surface area contributed by atoms with Gasteiger partial charge in [-0.15, -0.1) is 0 Å². The number of nitrogens with zero attached hydrogens (tertiary/aromatic N) is 2. The average Bonchev–Trinajstić information content (AvgIpc) is 2.74. The molecule has 0 saturated carbocycles. The maximum absolute atomic E-state index is 12.6. The maximum atomic E-state index is 12.6. The van der Waals surface area contributed by atoms with Crippen molar-refractivity contribution < 1.29 is 14.5 Å². The third-order valence-electron chi connectivity index (χ3n) is 4.81. The highest BCUT2D eigenvalue weighted by molar-refractivity contribution is 6.34. The predicted molar refractivity (Wildman–Crippen MR) is 122 cm³/mol. The number of carbonyl (C=O) groups excluding carboxylic acids is 2. The Hall–Kier alpha value is -3.13. The van der Waals surface area contributed by atoms with Crippen LogP contribution in [0.15, 0.2) is 48.5 Å². The molecule has 0 radical (unpaired) electrons. The minimum absolute atomic E-state index is 0.0430. The largest absolute Gasteiger partial charge is 0.375 e. The number of hydrogen-bond acceptors (Lipinski definition) is 5. The fourth-order valence-electron chi connectivity index (χ4n) is 3.01. The van der Waals surface area contributed by atoms with Gasteiger partial charge in [-0.05, 0) is 30.5 Å². The number of hydrogen-bond donors (Lipinski definition) is 2. The number of halogens is 1. The minimum atomic E-state index is -0.759. The normalized spacial score (nSPS) is 11.6. The molecule has 2 rings (SSSR count). The molecule has 8 nitrogen and oxygen atoms in total. The third-order valence-corrected chi connectivity index (χ3v) is 5.12. The van der Waals surface area contributed by atoms with Crippen molar-refractivity contribution in [3.63, 3.8) is 0 Å². The third kappa shape index (κ3) is 6.96. The van der Waals surface area contributed by atoms with E-state index in [0.717, 1.165) is 24.7 Å². The van der Waals surface area contributed by atoms with E-state index < -0.39 is 16.9 Å². The molecule has 2 aromatic carbocycles. The van der Waals surface area contributed by atoms with Crippen molar-refractivity contribution >= 4 is 34.8 Å². The summed E-state index contributed by atoms with van der Waals surface area (Å²) in [7, 11) is 1.99. The smallest absolute Gasteiger partial charge is 0.270 e. The summed E-state index contributed by atoms with van der Waals surface area (Å²) >= 11 is 6.02. The number of rotatable bonds is 10. The van der Waals surface area contributed by atoms with Crippen LogP contribution < -0.4 is 15.5 Å². The van der Waals surface area contributed by atoms with Crippen molar-refractivity contribution in [3.05, 3.63) is 69.2 Å². The Morgan fingerprint density at radius 3 is 2.42 bits per heavy atom. The number of amides is 2. The SMILES string of the molecule is CC(C)[C@H](NC(=O)c1ccc([N+](=O)[O-])cc1Cl)C(=O)NCCCN(C)c1ccccc1. The quantitative estimate of drug-likeness (QED) is 0.329. The van der Waals surface area contributed by atoms with Crippen LogP contribution in [0.4, 0.5) is 11.4 Å². The van der Waals surface area contributed by atoms with Crippen molar-refractivity contribution in [1.29, 1.82) is 0 Å². The molecule has 0 aliphatic rings. The summed E-state index contributed by atoms with van der Waals surface area (Å²) in [5.41, 5.74) is 0.969. The molecule has 0 aliphatic heterocycles. The van der Waals surface area contributed by atoms with Crippen LogP contribution in [0.3, 0.4) is 0 Å². The molecule has 0 unspecified atom stereocenters. The lowest BCUT2D eigenvalue weighted by Crippen LogP contribution is -2.50. The molecule has 0 bridgehead atoms. The fraction of sp³-hybridized carbons (Fsp3) is 0.364. The van der Waals surface area contributed by atoms with Gasteiger partial charge >= 0.3 is 0 Å². The Labute approximate surface area is 186 Å². The Morgan fingerprint density at radius 1 is 1.16 bits per heavy atom. The molecule has 2 N–H and O–H groups in total. The lowest BCUT2D eigenvalue weighted by molar-refractivity contribution is -0.384. The molecule has 0 spiro atoms. The van der Waals surface area contributed by atoms with Crippen LogP contribution in [0.1, 0.15) is 30.6 Å². The molecule has 2 amide bonds. The van der Waals surface area contributed by atoms with E-state index in [0.29, 0.717) is 6.54 Å². The van der Waals surface area contributed by atoms with E-state index in [2.05, 4.69) is 15.5 Å². The molecule has 0 aliphatic carbocycles. The van der Waals surface area contributed by atoms with E-state index >= 15 is 0 Å². The van der Waals surface area contributed by atoms with E-state index in [1.54, 1.807) is 0 Å². The number of para-hydroxylation sites is 1. The molecule has 0 aromatic heterocycles. The van der Waals surface area contributed by atoms with Crippen LogP contribution in [0.25, 0.3) is 0 Å². The number of non-ortho nitro benzene ring substituents is 1. The summed E-state index contributed by atoms with van der Waals surface area (Å²) in [6, 6.07) is 12.8. The van der Waals surface area contributed by atoms with Gasteiger partial charge in [-0.1, -0.05) is 43.6 Å². The van der Waals surface area contributed by atoms with Gasteiger partial charge in [-0.25, -0.2) is 0 Å². The molecule has 2 aromatic rings. The molecule has 0 saturated heterocycles. The molecule has 0 heterocycles. The lowest BCUT2D eigenvalue weighted by Gasteiger charge is -2.23. The van der Waals surface area contributed by atoms with Gasteiger partial charge in [-0.2, -0.15) is 0 Å². The van der Waals surface area contributed by atoms with E-state index in [1.165, 1.54) is 12.1 Å². The number of carbonyl (C=O) groups is 2. The zero-order valence-corrected chi connectivity index (χ0v) is 18.6. The van der Waals surface area contributed by atoms with E-state index in [-0.39, 0.29) is 28.1 Å². The second-order valence-electron chi connectivity index (χ2n) is 7.52. The Kier molecular flexibility index (Phi) is 8.81. The predicted octanol–water partition coefficient (Wildman–Crippen LogP) is 3.65. The van der Waals surface area contributed by atoms with Crippen molar-refractivity contribution in [1.82, 2.24) is 10.6 Å². The van der Waals surface area contributed by atoms with Crippen LogP contribution in [-0.4, -0.2) is 42.9 Å². The summed E-state index contributed by atoms with van der Waals surface area (Å²) in [4.78, 5) is 37.6. The minimum Gasteiger partial charge on any atom is -0.375 e. The van der Waals surface area contributed by atoms with E-state index in [9.17, 15) is 19.7 Å². The highest BCUT2D eigenvalue weighted by atomic mass is 35.5. The van der Waals surface area contributed by atoms with E-state index in [4.69, 9.17) is 11.6 Å². The first-order chi connectivity index (χ1) is 14.7. The fourth-order valence-corrected chi connectivity index (χ4v) is 3.27. The number of nitro benzene ring substituents is 1. The zero-order chi connectivity index (χ0) is 23.0. The molecule has 166 valence electrons. The maximum Gasteiger partial charge on any atom is 0.270 e. The van der Waals surface area contributed by atoms with Crippen LogP contribution in [0.5, 0.6) is 0 Å².